The highest BCUT2D eigenvalue weighted by Crippen LogP contribution is 2.26. The molecule has 26 heavy (non-hydrogen) atoms. The lowest BCUT2D eigenvalue weighted by atomic mass is 10.3. The minimum absolute atomic E-state index is 0.251. The number of imidazole rings is 1. The molecule has 0 aromatic carbocycles. The number of rotatable bonds is 4. The fourth-order valence-corrected chi connectivity index (χ4v) is 2.99. The number of pyridine rings is 1. The fourth-order valence-electron chi connectivity index (χ4n) is 2.99. The molecule has 8 nitrogen and oxygen atoms in total. The summed E-state index contributed by atoms with van der Waals surface area (Å²) < 4.78 is 7.21. The minimum atomic E-state index is -0.341. The smallest absolute Gasteiger partial charge is 0.276 e. The lowest BCUT2D eigenvalue weighted by Crippen LogP contribution is -2.20. The summed E-state index contributed by atoms with van der Waals surface area (Å²) in [6.45, 7) is 3.70. The summed E-state index contributed by atoms with van der Waals surface area (Å²) in [4.78, 5) is 27.7. The van der Waals surface area contributed by atoms with Crippen molar-refractivity contribution in [3.8, 4) is 5.75 Å². The van der Waals surface area contributed by atoms with Gasteiger partial charge in [0.25, 0.3) is 5.91 Å². The Balaban J connectivity index is 1.56. The van der Waals surface area contributed by atoms with Gasteiger partial charge in [-0.25, -0.2) is 15.0 Å². The Morgan fingerprint density at radius 2 is 2.15 bits per heavy atom. The third-order valence-electron chi connectivity index (χ3n) is 4.29. The number of carbonyl (C=O) groups is 1. The maximum absolute atomic E-state index is 12.5. The van der Waals surface area contributed by atoms with Crippen LogP contribution in [0, 0.1) is 13.3 Å². The zero-order valence-electron chi connectivity index (χ0n) is 14.6. The molecule has 0 spiro atoms. The zero-order valence-corrected chi connectivity index (χ0v) is 14.6. The van der Waals surface area contributed by atoms with Gasteiger partial charge in [0.05, 0.1) is 25.2 Å². The zero-order chi connectivity index (χ0) is 18.1. The first-order valence-electron chi connectivity index (χ1n) is 8.37. The van der Waals surface area contributed by atoms with Gasteiger partial charge in [-0.1, -0.05) is 0 Å². The molecular formula is C18H19N6O2. The summed E-state index contributed by atoms with van der Waals surface area (Å²) in [5, 5.41) is 2.83. The third-order valence-corrected chi connectivity index (χ3v) is 4.29. The van der Waals surface area contributed by atoms with Crippen molar-refractivity contribution < 1.29 is 9.53 Å². The van der Waals surface area contributed by atoms with E-state index in [9.17, 15) is 4.79 Å². The Morgan fingerprint density at radius 1 is 1.27 bits per heavy atom. The second-order valence-electron chi connectivity index (χ2n) is 6.14. The summed E-state index contributed by atoms with van der Waals surface area (Å²) in [6.07, 6.45) is 10.0. The first-order valence-corrected chi connectivity index (χ1v) is 8.37. The highest BCUT2D eigenvalue weighted by molar-refractivity contribution is 6.03. The predicted molar refractivity (Wildman–Crippen MR) is 97.6 cm³/mol. The van der Waals surface area contributed by atoms with Gasteiger partial charge in [0.2, 0.25) is 0 Å². The van der Waals surface area contributed by atoms with Crippen molar-refractivity contribution in [3.05, 3.63) is 48.7 Å². The molecule has 1 amide bonds. The van der Waals surface area contributed by atoms with Crippen LogP contribution in [0.15, 0.2) is 30.9 Å². The molecule has 1 N–H and O–H groups in total. The number of amides is 1. The molecule has 8 heteroatoms. The Labute approximate surface area is 150 Å². The Bertz CT molecular complexity index is 944. The van der Waals surface area contributed by atoms with E-state index in [0.717, 1.165) is 36.7 Å². The maximum Gasteiger partial charge on any atom is 0.276 e. The van der Waals surface area contributed by atoms with Gasteiger partial charge < -0.3 is 19.4 Å². The normalized spacial score (nSPS) is 14.0. The molecule has 0 bridgehead atoms. The molecule has 0 atom stereocenters. The number of nitrogens with zero attached hydrogens (tertiary/aromatic N) is 5. The van der Waals surface area contributed by atoms with Crippen LogP contribution < -0.4 is 15.0 Å². The van der Waals surface area contributed by atoms with E-state index in [0.29, 0.717) is 11.4 Å². The van der Waals surface area contributed by atoms with Crippen LogP contribution >= 0.6 is 0 Å². The molecule has 0 aliphatic carbocycles. The van der Waals surface area contributed by atoms with Crippen molar-refractivity contribution in [2.24, 2.45) is 0 Å². The van der Waals surface area contributed by atoms with Crippen LogP contribution in [0.3, 0.4) is 0 Å². The molecule has 0 unspecified atom stereocenters. The van der Waals surface area contributed by atoms with Gasteiger partial charge in [0, 0.05) is 31.5 Å². The first-order chi connectivity index (χ1) is 12.6. The first kappa shape index (κ1) is 16.3. The molecule has 4 rings (SSSR count). The van der Waals surface area contributed by atoms with Crippen LogP contribution in [0.4, 0.5) is 11.5 Å². The Kier molecular flexibility index (Phi) is 4.16. The maximum atomic E-state index is 12.5. The van der Waals surface area contributed by atoms with E-state index in [4.69, 9.17) is 4.74 Å². The average Bonchev–Trinajstić information content (AvgIpc) is 3.29. The molecule has 133 valence electrons. The molecule has 1 fully saturated rings. The molecule has 1 aliphatic heterocycles. The second kappa shape index (κ2) is 6.62. The topological polar surface area (TPSA) is 84.7 Å². The Morgan fingerprint density at radius 3 is 2.85 bits per heavy atom. The molecule has 3 aromatic heterocycles. The van der Waals surface area contributed by atoms with Crippen LogP contribution in [0.25, 0.3) is 5.65 Å². The number of nitrogens with one attached hydrogen (secondary N) is 1. The standard InChI is InChI=1S/C18H19N6O2/c1-12-10-24-11-14(15(26-2)7-16(24)21-12)22-18(25)13-8-20-17(9-19-13)23-5-3-4-6-23/h3,7-11H,4-6H2,1-2H3,(H,22,25). The van der Waals surface area contributed by atoms with Crippen molar-refractivity contribution in [2.45, 2.75) is 13.3 Å². The van der Waals surface area contributed by atoms with Gasteiger partial charge in [-0.15, -0.1) is 0 Å². The number of hydrogen-bond donors (Lipinski definition) is 1. The van der Waals surface area contributed by atoms with E-state index in [2.05, 4.69) is 31.6 Å². The molecule has 1 radical (unpaired) electrons. The summed E-state index contributed by atoms with van der Waals surface area (Å²) >= 11 is 0. The minimum Gasteiger partial charge on any atom is -0.494 e. The predicted octanol–water partition coefficient (Wildman–Crippen LogP) is 2.11. The number of hydrogen-bond acceptors (Lipinski definition) is 6. The Hall–Kier alpha value is -3.16. The highest BCUT2D eigenvalue weighted by Gasteiger charge is 2.17. The second-order valence-corrected chi connectivity index (χ2v) is 6.14. The molecule has 3 aromatic rings. The largest absolute Gasteiger partial charge is 0.494 e. The van der Waals surface area contributed by atoms with Gasteiger partial charge in [-0.3, -0.25) is 4.79 Å². The average molecular weight is 351 g/mol. The van der Waals surface area contributed by atoms with E-state index >= 15 is 0 Å². The van der Waals surface area contributed by atoms with E-state index in [1.165, 1.54) is 6.20 Å². The van der Waals surface area contributed by atoms with Crippen LogP contribution in [0.2, 0.25) is 0 Å². The van der Waals surface area contributed by atoms with Gasteiger partial charge in [0.15, 0.2) is 0 Å². The number of anilines is 2. The van der Waals surface area contributed by atoms with Crippen LogP contribution in [-0.4, -0.2) is 45.5 Å². The van der Waals surface area contributed by atoms with Gasteiger partial charge in [-0.05, 0) is 19.8 Å². The van der Waals surface area contributed by atoms with E-state index < -0.39 is 0 Å². The highest BCUT2D eigenvalue weighted by atomic mass is 16.5. The lowest BCUT2D eigenvalue weighted by molar-refractivity contribution is 0.102. The van der Waals surface area contributed by atoms with Gasteiger partial charge in [0.1, 0.15) is 28.6 Å². The van der Waals surface area contributed by atoms with Crippen molar-refractivity contribution in [3.63, 3.8) is 0 Å². The number of aromatic nitrogens is 4. The molecule has 4 heterocycles. The van der Waals surface area contributed by atoms with Crippen molar-refractivity contribution in [2.75, 3.05) is 30.4 Å². The van der Waals surface area contributed by atoms with Crippen molar-refractivity contribution in [1.82, 2.24) is 19.4 Å². The number of methoxy groups -OCH3 is 1. The van der Waals surface area contributed by atoms with E-state index in [1.807, 2.05) is 17.5 Å². The number of fused-ring (bicyclic) bond motifs is 1. The van der Waals surface area contributed by atoms with Gasteiger partial charge in [-0.2, -0.15) is 0 Å². The van der Waals surface area contributed by atoms with Crippen molar-refractivity contribution >= 4 is 23.1 Å². The number of aryl methyl sites for hydroxylation is 1. The molecule has 0 saturated carbocycles. The molecule has 1 saturated heterocycles. The fraction of sp³-hybridized carbons (Fsp3) is 0.278. The SMILES string of the molecule is COc1cc2nc(C)cn2cc1NC(=O)c1cnc(N2C[CH]CC2)cn1. The number of ether oxygens (including phenoxy) is 1. The molecular weight excluding hydrogens is 332 g/mol. The van der Waals surface area contributed by atoms with Crippen LogP contribution in [-0.2, 0) is 0 Å². The summed E-state index contributed by atoms with van der Waals surface area (Å²) in [6, 6.07) is 1.78. The van der Waals surface area contributed by atoms with Gasteiger partial charge >= 0.3 is 0 Å². The van der Waals surface area contributed by atoms with E-state index in [1.54, 1.807) is 25.6 Å². The van der Waals surface area contributed by atoms with Crippen LogP contribution in [0.5, 0.6) is 5.75 Å². The molecule has 1 aliphatic rings. The monoisotopic (exact) mass is 351 g/mol. The summed E-state index contributed by atoms with van der Waals surface area (Å²) in [7, 11) is 1.55. The van der Waals surface area contributed by atoms with E-state index in [-0.39, 0.29) is 11.6 Å². The quantitative estimate of drug-likeness (QED) is 0.775. The summed E-state index contributed by atoms with van der Waals surface area (Å²) in [5.74, 6) is 0.975. The van der Waals surface area contributed by atoms with Crippen molar-refractivity contribution in [1.29, 1.82) is 0 Å². The van der Waals surface area contributed by atoms with Crippen LogP contribution in [0.1, 0.15) is 22.6 Å². The summed E-state index contributed by atoms with van der Waals surface area (Å²) in [5.41, 5.74) is 2.43. The lowest BCUT2D eigenvalue weighted by Gasteiger charge is -2.15. The number of carbonyl (C=O) groups excluding carboxylic acids is 1. The third kappa shape index (κ3) is 3.05.